The third-order valence-electron chi connectivity index (χ3n) is 20.7. The minimum Gasteiger partial charge on any atom is -0.254 e. The van der Waals surface area contributed by atoms with Crippen LogP contribution in [0.25, 0.3) is 102 Å². The topological polar surface area (TPSA) is 138 Å². The molecule has 4 aromatic carbocycles. The van der Waals surface area contributed by atoms with Gasteiger partial charge in [-0.25, -0.2) is 49.8 Å². The minimum atomic E-state index is 0.455. The van der Waals surface area contributed by atoms with E-state index in [2.05, 4.69) is 137 Å². The van der Waals surface area contributed by atoms with Gasteiger partial charge in [0.05, 0.1) is 23.8 Å². The lowest BCUT2D eigenvalue weighted by molar-refractivity contribution is 0.661. The maximum absolute atomic E-state index is 5.76. The SMILES string of the molecule is CCCCCCc1cc(CCCCCC)cc(-c2cnc3nc4c(-c5cc(CCCCCC)cc(CCCCCC)c5)nc5nc6c(nc(-c7cc(CCCCCC)cc(CCCCCC)c7)c7nc8ncc(-c9cc(CCCCCC)cc(CCCCCC)c9)nc8n76)nc5n4c3n2)c1. The van der Waals surface area contributed by atoms with Crippen LogP contribution in [0.2, 0.25) is 0 Å². The molecule has 0 saturated heterocycles. The first-order valence-electron chi connectivity index (χ1n) is 40.4. The van der Waals surface area contributed by atoms with Gasteiger partial charge in [0, 0.05) is 22.3 Å². The Balaban J connectivity index is 1.19. The van der Waals surface area contributed by atoms with Gasteiger partial charge in [-0.15, -0.1) is 0 Å². The van der Waals surface area contributed by atoms with Crippen molar-refractivity contribution in [3.05, 3.63) is 130 Å². The van der Waals surface area contributed by atoms with Gasteiger partial charge >= 0.3 is 0 Å². The van der Waals surface area contributed by atoms with Crippen LogP contribution in [0.5, 0.6) is 0 Å². The van der Waals surface area contributed by atoms with Crippen molar-refractivity contribution in [2.24, 2.45) is 0 Å². The summed E-state index contributed by atoms with van der Waals surface area (Å²) in [5.41, 5.74) is 23.7. The number of imidazole rings is 2. The highest BCUT2D eigenvalue weighted by molar-refractivity contribution is 5.95. The van der Waals surface area contributed by atoms with Crippen LogP contribution in [-0.2, 0) is 51.4 Å². The smallest absolute Gasteiger partial charge is 0.199 e. The molecule has 100 heavy (non-hydrogen) atoms. The van der Waals surface area contributed by atoms with Gasteiger partial charge in [0.1, 0.15) is 11.4 Å². The first kappa shape index (κ1) is 73.6. The Hall–Kier alpha value is -7.60. The maximum Gasteiger partial charge on any atom is 0.199 e. The van der Waals surface area contributed by atoms with E-state index >= 15 is 0 Å². The summed E-state index contributed by atoms with van der Waals surface area (Å²) in [7, 11) is 0. The molecule has 0 saturated carbocycles. The average Bonchev–Trinajstić information content (AvgIpc) is 1.61. The number of hydrogen-bond acceptors (Lipinski definition) is 10. The van der Waals surface area contributed by atoms with Gasteiger partial charge in [0.15, 0.2) is 56.5 Å². The molecule has 0 N–H and O–H groups in total. The molecule has 7 heterocycles. The van der Waals surface area contributed by atoms with Gasteiger partial charge in [-0.05, 0) is 196 Å². The summed E-state index contributed by atoms with van der Waals surface area (Å²) in [6.07, 6.45) is 50.6. The fourth-order valence-electron chi connectivity index (χ4n) is 15.1. The molecule has 0 radical (unpaired) electrons. The van der Waals surface area contributed by atoms with E-state index < -0.39 is 0 Å². The van der Waals surface area contributed by atoms with Crippen molar-refractivity contribution in [2.45, 2.75) is 312 Å². The monoisotopic (exact) mass is 1340 g/mol. The summed E-state index contributed by atoms with van der Waals surface area (Å²) >= 11 is 0. The second-order valence-electron chi connectivity index (χ2n) is 29.4. The van der Waals surface area contributed by atoms with Crippen molar-refractivity contribution < 1.29 is 0 Å². The Labute approximate surface area is 598 Å². The number of benzene rings is 4. The van der Waals surface area contributed by atoms with E-state index in [1.807, 2.05) is 12.4 Å². The predicted octanol–water partition coefficient (Wildman–Crippen LogP) is 24.4. The summed E-state index contributed by atoms with van der Waals surface area (Å²) in [5.74, 6) is 0. The molecule has 530 valence electrons. The van der Waals surface area contributed by atoms with Gasteiger partial charge in [-0.1, -0.05) is 234 Å². The van der Waals surface area contributed by atoms with Crippen LogP contribution in [0.4, 0.5) is 0 Å². The zero-order chi connectivity index (χ0) is 69.4. The van der Waals surface area contributed by atoms with Gasteiger partial charge in [0.2, 0.25) is 0 Å². The minimum absolute atomic E-state index is 0.455. The Bertz CT molecular complexity index is 4020. The van der Waals surface area contributed by atoms with Gasteiger partial charge in [-0.3, -0.25) is 8.80 Å². The van der Waals surface area contributed by atoms with E-state index in [0.29, 0.717) is 56.5 Å². The number of nitrogens with zero attached hydrogens (tertiary/aromatic N) is 12. The number of rotatable bonds is 44. The zero-order valence-electron chi connectivity index (χ0n) is 62.7. The molecule has 7 aromatic heterocycles. The number of aromatic nitrogens is 12. The molecule has 12 heteroatoms. The predicted molar refractivity (Wildman–Crippen MR) is 421 cm³/mol. The molecule has 0 fully saturated rings. The van der Waals surface area contributed by atoms with Crippen molar-refractivity contribution >= 4 is 56.5 Å². The lowest BCUT2D eigenvalue weighted by Gasteiger charge is -2.14. The van der Waals surface area contributed by atoms with Gasteiger partial charge < -0.3 is 0 Å². The van der Waals surface area contributed by atoms with E-state index in [-0.39, 0.29) is 0 Å². The van der Waals surface area contributed by atoms with Crippen molar-refractivity contribution in [3.63, 3.8) is 0 Å². The molecule has 12 nitrogen and oxygen atoms in total. The first-order valence-corrected chi connectivity index (χ1v) is 40.4. The lowest BCUT2D eigenvalue weighted by atomic mass is 9.96. The first-order chi connectivity index (χ1) is 49.2. The molecule has 0 aliphatic heterocycles. The van der Waals surface area contributed by atoms with E-state index in [0.717, 1.165) is 122 Å². The molecular formula is C88H118N12. The molecule has 0 unspecified atom stereocenters. The highest BCUT2D eigenvalue weighted by Crippen LogP contribution is 2.37. The molecule has 11 aromatic rings. The Morgan fingerprint density at radius 1 is 0.210 bits per heavy atom. The summed E-state index contributed by atoms with van der Waals surface area (Å²) in [6.45, 7) is 18.3. The molecule has 0 atom stereocenters. The standard InChI is InChI=1S/C88H118N12/c1-9-17-25-33-41-63-49-64(42-34-26-18-10-2)54-71(53-63)75-61-89-79-85(91-75)99-83(95-79)77(73-57-67(45-37-29-21-13-5)51-68(58-73)46-38-30-22-14-6)93-81-87(99)97-82-88(98-81)100-84(78(94-82)74-59-69(47-39-31-23-15-7)52-70(60-74)48-40-32-24-16-8)96-80-86(100)92-76(62-90-80)72-55-65(43-35-27-19-11-3)50-66(56-72)44-36-28-20-12-4/h49-62H,9-48H2,1-8H3. The van der Waals surface area contributed by atoms with E-state index in [1.54, 1.807) is 0 Å². The summed E-state index contributed by atoms with van der Waals surface area (Å²) in [4.78, 5) is 55.8. The number of fused-ring (bicyclic) bond motifs is 10. The summed E-state index contributed by atoms with van der Waals surface area (Å²) in [6, 6.07) is 28.7. The quantitative estimate of drug-likeness (QED) is 0.0268. The Kier molecular flexibility index (Phi) is 27.9. The average molecular weight is 1340 g/mol. The highest BCUT2D eigenvalue weighted by Gasteiger charge is 2.26. The molecule has 0 amide bonds. The molecule has 0 aliphatic carbocycles. The molecule has 11 rings (SSSR count). The molecule has 0 aliphatic rings. The molecule has 0 bridgehead atoms. The van der Waals surface area contributed by atoms with Crippen LogP contribution in [0.1, 0.15) is 305 Å². The van der Waals surface area contributed by atoms with Crippen molar-refractivity contribution in [3.8, 4) is 45.0 Å². The van der Waals surface area contributed by atoms with Crippen LogP contribution in [0, 0.1) is 0 Å². The van der Waals surface area contributed by atoms with Crippen LogP contribution < -0.4 is 0 Å². The van der Waals surface area contributed by atoms with E-state index in [4.69, 9.17) is 49.8 Å². The fourth-order valence-corrected chi connectivity index (χ4v) is 15.1. The third-order valence-corrected chi connectivity index (χ3v) is 20.7. The lowest BCUT2D eigenvalue weighted by Crippen LogP contribution is -2.07. The summed E-state index contributed by atoms with van der Waals surface area (Å²) in [5, 5.41) is 0. The molecular weight excluding hydrogens is 1230 g/mol. The highest BCUT2D eigenvalue weighted by atomic mass is 15.2. The van der Waals surface area contributed by atoms with Gasteiger partial charge in [-0.2, -0.15) is 0 Å². The van der Waals surface area contributed by atoms with E-state index in [9.17, 15) is 0 Å². The zero-order valence-corrected chi connectivity index (χ0v) is 62.7. The number of hydrogen-bond donors (Lipinski definition) is 0. The van der Waals surface area contributed by atoms with Crippen LogP contribution >= 0.6 is 0 Å². The van der Waals surface area contributed by atoms with Crippen LogP contribution in [0.3, 0.4) is 0 Å². The van der Waals surface area contributed by atoms with Crippen LogP contribution in [0.15, 0.2) is 85.2 Å². The van der Waals surface area contributed by atoms with Crippen LogP contribution in [-0.4, -0.2) is 58.6 Å². The van der Waals surface area contributed by atoms with Crippen molar-refractivity contribution in [2.75, 3.05) is 0 Å². The fraction of sp³-hybridized carbons (Fsp3) is 0.545. The van der Waals surface area contributed by atoms with Gasteiger partial charge in [0.25, 0.3) is 0 Å². The third kappa shape index (κ3) is 19.1. The Morgan fingerprint density at radius 2 is 0.430 bits per heavy atom. The largest absolute Gasteiger partial charge is 0.254 e. The van der Waals surface area contributed by atoms with E-state index in [1.165, 1.54) is 224 Å². The maximum atomic E-state index is 5.76. The second kappa shape index (κ2) is 37.9. The Morgan fingerprint density at radius 3 is 0.670 bits per heavy atom. The number of aryl methyl sites for hydroxylation is 8. The number of unbranched alkanes of at least 4 members (excludes halogenated alkanes) is 24. The normalized spacial score (nSPS) is 12.0. The van der Waals surface area contributed by atoms with Crippen molar-refractivity contribution in [1.82, 2.24) is 58.6 Å². The van der Waals surface area contributed by atoms with Crippen molar-refractivity contribution in [1.29, 1.82) is 0 Å². The summed E-state index contributed by atoms with van der Waals surface area (Å²) < 4.78 is 4.22. The second-order valence-corrected chi connectivity index (χ2v) is 29.4. The molecule has 0 spiro atoms.